The van der Waals surface area contributed by atoms with Crippen molar-refractivity contribution < 1.29 is 13.2 Å². The van der Waals surface area contributed by atoms with Crippen molar-refractivity contribution in [2.45, 2.75) is 30.2 Å². The van der Waals surface area contributed by atoms with E-state index < -0.39 is 10.0 Å². The first-order chi connectivity index (χ1) is 11.6. The topological polar surface area (TPSA) is 82.4 Å². The Labute approximate surface area is 143 Å². The molecule has 24 heavy (non-hydrogen) atoms. The predicted molar refractivity (Wildman–Crippen MR) is 89.9 cm³/mol. The van der Waals surface area contributed by atoms with Crippen LogP contribution in [-0.2, 0) is 14.8 Å². The molecule has 2 saturated heterocycles. The lowest BCUT2D eigenvalue weighted by Gasteiger charge is -2.35. The average molecular weight is 349 g/mol. The standard InChI is InChI=1S/C17H23N3O3S/c18-11-14-1-3-17(4-2-14)24(21,22)19-12-15-5-8-20(9-6-15)16-7-10-23-13-16/h1-4,15-16,19H,5-10,12-13H2/t16-/m1/s1. The van der Waals surface area contributed by atoms with Crippen LogP contribution in [0.25, 0.3) is 0 Å². The smallest absolute Gasteiger partial charge is 0.240 e. The van der Waals surface area contributed by atoms with E-state index in [2.05, 4.69) is 9.62 Å². The molecule has 1 aromatic carbocycles. The molecule has 3 rings (SSSR count). The second-order valence-electron chi connectivity index (χ2n) is 6.48. The van der Waals surface area contributed by atoms with E-state index in [1.54, 1.807) is 0 Å². The van der Waals surface area contributed by atoms with E-state index in [1.807, 2.05) is 6.07 Å². The first kappa shape index (κ1) is 17.4. The molecule has 2 aliphatic rings. The first-order valence-corrected chi connectivity index (χ1v) is 9.88. The van der Waals surface area contributed by atoms with Gasteiger partial charge in [0, 0.05) is 19.2 Å². The summed E-state index contributed by atoms with van der Waals surface area (Å²) >= 11 is 0. The molecule has 0 saturated carbocycles. The number of nitrogens with zero attached hydrogens (tertiary/aromatic N) is 2. The summed E-state index contributed by atoms with van der Waals surface area (Å²) in [5.74, 6) is 0.372. The lowest BCUT2D eigenvalue weighted by Crippen LogP contribution is -2.43. The number of piperidine rings is 1. The molecule has 1 N–H and O–H groups in total. The number of nitriles is 1. The Balaban J connectivity index is 1.49. The number of hydrogen-bond donors (Lipinski definition) is 1. The van der Waals surface area contributed by atoms with Crippen molar-refractivity contribution in [1.82, 2.24) is 9.62 Å². The molecule has 1 atom stereocenters. The van der Waals surface area contributed by atoms with Crippen LogP contribution >= 0.6 is 0 Å². The van der Waals surface area contributed by atoms with Gasteiger partial charge in [-0.3, -0.25) is 4.90 Å². The Morgan fingerprint density at radius 2 is 1.92 bits per heavy atom. The third-order valence-corrected chi connectivity index (χ3v) is 6.37. The van der Waals surface area contributed by atoms with Gasteiger partial charge in [-0.1, -0.05) is 0 Å². The van der Waals surface area contributed by atoms with E-state index in [0.717, 1.165) is 45.6 Å². The van der Waals surface area contributed by atoms with Crippen molar-refractivity contribution in [3.8, 4) is 6.07 Å². The maximum absolute atomic E-state index is 12.3. The van der Waals surface area contributed by atoms with Gasteiger partial charge in [-0.05, 0) is 62.5 Å². The van der Waals surface area contributed by atoms with E-state index in [9.17, 15) is 8.42 Å². The van der Waals surface area contributed by atoms with Gasteiger partial charge in [0.1, 0.15) is 0 Å². The van der Waals surface area contributed by atoms with Crippen LogP contribution in [0.3, 0.4) is 0 Å². The molecule has 0 amide bonds. The molecule has 0 aromatic heterocycles. The van der Waals surface area contributed by atoms with Crippen molar-refractivity contribution in [2.24, 2.45) is 5.92 Å². The van der Waals surface area contributed by atoms with Gasteiger partial charge in [0.2, 0.25) is 10.0 Å². The highest BCUT2D eigenvalue weighted by atomic mass is 32.2. The summed E-state index contributed by atoms with van der Waals surface area (Å²) in [6.45, 7) is 4.18. The Morgan fingerprint density at radius 3 is 2.50 bits per heavy atom. The zero-order chi connectivity index (χ0) is 17.0. The number of ether oxygens (including phenoxy) is 1. The second-order valence-corrected chi connectivity index (χ2v) is 8.25. The molecule has 0 unspecified atom stereocenters. The maximum atomic E-state index is 12.3. The largest absolute Gasteiger partial charge is 0.380 e. The van der Waals surface area contributed by atoms with Crippen molar-refractivity contribution in [3.05, 3.63) is 29.8 Å². The zero-order valence-corrected chi connectivity index (χ0v) is 14.5. The molecule has 0 bridgehead atoms. The minimum atomic E-state index is -3.51. The predicted octanol–water partition coefficient (Wildman–Crippen LogP) is 1.34. The number of hydrogen-bond acceptors (Lipinski definition) is 5. The molecule has 6 nitrogen and oxygen atoms in total. The molecule has 0 aliphatic carbocycles. The van der Waals surface area contributed by atoms with Crippen LogP contribution in [0.4, 0.5) is 0 Å². The number of sulfonamides is 1. The maximum Gasteiger partial charge on any atom is 0.240 e. The molecule has 130 valence electrons. The van der Waals surface area contributed by atoms with Gasteiger partial charge in [0.15, 0.2) is 0 Å². The van der Waals surface area contributed by atoms with Gasteiger partial charge < -0.3 is 4.74 Å². The lowest BCUT2D eigenvalue weighted by atomic mass is 9.96. The Morgan fingerprint density at radius 1 is 1.21 bits per heavy atom. The minimum absolute atomic E-state index is 0.210. The average Bonchev–Trinajstić information content (AvgIpc) is 3.15. The van der Waals surface area contributed by atoms with E-state index >= 15 is 0 Å². The quantitative estimate of drug-likeness (QED) is 0.867. The van der Waals surface area contributed by atoms with Crippen LogP contribution in [0.5, 0.6) is 0 Å². The highest BCUT2D eigenvalue weighted by Gasteiger charge is 2.28. The Hall–Kier alpha value is -1.46. The summed E-state index contributed by atoms with van der Waals surface area (Å²) in [7, 11) is -3.51. The second kappa shape index (κ2) is 7.62. The highest BCUT2D eigenvalue weighted by molar-refractivity contribution is 7.89. The molecule has 0 spiro atoms. The third-order valence-electron chi connectivity index (χ3n) is 4.93. The lowest BCUT2D eigenvalue weighted by molar-refractivity contribution is 0.111. The van der Waals surface area contributed by atoms with Crippen LogP contribution < -0.4 is 4.72 Å². The number of rotatable bonds is 5. The molecule has 2 heterocycles. The summed E-state index contributed by atoms with van der Waals surface area (Å²) in [4.78, 5) is 2.68. The van der Waals surface area contributed by atoms with Crippen LogP contribution in [0.2, 0.25) is 0 Å². The first-order valence-electron chi connectivity index (χ1n) is 8.40. The normalized spacial score (nSPS) is 23.2. The molecule has 2 fully saturated rings. The van der Waals surface area contributed by atoms with Gasteiger partial charge in [-0.15, -0.1) is 0 Å². The molecule has 7 heteroatoms. The molecule has 0 radical (unpaired) electrons. The van der Waals surface area contributed by atoms with Crippen molar-refractivity contribution in [2.75, 3.05) is 32.8 Å². The summed E-state index contributed by atoms with van der Waals surface area (Å²) in [6.07, 6.45) is 3.12. The monoisotopic (exact) mass is 349 g/mol. The fraction of sp³-hybridized carbons (Fsp3) is 0.588. The molecule has 1 aromatic rings. The SMILES string of the molecule is N#Cc1ccc(S(=O)(=O)NCC2CCN([C@@H]3CCOC3)CC2)cc1. The van der Waals surface area contributed by atoms with Gasteiger partial charge in [-0.2, -0.15) is 5.26 Å². The van der Waals surface area contributed by atoms with Gasteiger partial charge in [0.25, 0.3) is 0 Å². The molecular weight excluding hydrogens is 326 g/mol. The summed E-state index contributed by atoms with van der Waals surface area (Å²) in [6, 6.07) is 8.53. The van der Waals surface area contributed by atoms with Crippen LogP contribution in [0.15, 0.2) is 29.2 Å². The Kier molecular flexibility index (Phi) is 5.51. The molecule has 2 aliphatic heterocycles. The Bertz CT molecular complexity index is 683. The summed E-state index contributed by atoms with van der Waals surface area (Å²) < 4.78 is 32.8. The van der Waals surface area contributed by atoms with Gasteiger partial charge >= 0.3 is 0 Å². The van der Waals surface area contributed by atoms with Crippen LogP contribution in [0, 0.1) is 17.2 Å². The van der Waals surface area contributed by atoms with E-state index in [0.29, 0.717) is 24.1 Å². The minimum Gasteiger partial charge on any atom is -0.380 e. The fourth-order valence-electron chi connectivity index (χ4n) is 3.35. The van der Waals surface area contributed by atoms with Crippen molar-refractivity contribution in [1.29, 1.82) is 5.26 Å². The van der Waals surface area contributed by atoms with Crippen molar-refractivity contribution >= 4 is 10.0 Å². The van der Waals surface area contributed by atoms with Crippen molar-refractivity contribution in [3.63, 3.8) is 0 Å². The molecular formula is C17H23N3O3S. The summed E-state index contributed by atoms with van der Waals surface area (Å²) in [5, 5.41) is 8.78. The summed E-state index contributed by atoms with van der Waals surface area (Å²) in [5.41, 5.74) is 0.456. The van der Waals surface area contributed by atoms with Gasteiger partial charge in [-0.25, -0.2) is 13.1 Å². The number of benzene rings is 1. The number of nitrogens with one attached hydrogen (secondary N) is 1. The third kappa shape index (κ3) is 4.14. The van der Waals surface area contributed by atoms with Crippen LogP contribution in [0.1, 0.15) is 24.8 Å². The zero-order valence-electron chi connectivity index (χ0n) is 13.6. The highest BCUT2D eigenvalue weighted by Crippen LogP contribution is 2.22. The van der Waals surface area contributed by atoms with Crippen LogP contribution in [-0.4, -0.2) is 52.2 Å². The van der Waals surface area contributed by atoms with E-state index in [4.69, 9.17) is 10.00 Å². The van der Waals surface area contributed by atoms with E-state index in [1.165, 1.54) is 24.3 Å². The van der Waals surface area contributed by atoms with E-state index in [-0.39, 0.29) is 4.90 Å². The number of likely N-dealkylation sites (tertiary alicyclic amines) is 1. The van der Waals surface area contributed by atoms with Gasteiger partial charge in [0.05, 0.1) is 23.1 Å². The fourth-order valence-corrected chi connectivity index (χ4v) is 4.47.